The lowest BCUT2D eigenvalue weighted by Crippen LogP contribution is -2.40. The highest BCUT2D eigenvalue weighted by Gasteiger charge is 2.20. The predicted molar refractivity (Wildman–Crippen MR) is 75.2 cm³/mol. The summed E-state index contributed by atoms with van der Waals surface area (Å²) >= 11 is 6.07. The van der Waals surface area contributed by atoms with Gasteiger partial charge in [0.15, 0.2) is 0 Å². The smallest absolute Gasteiger partial charge is 0.321 e. The fourth-order valence-corrected chi connectivity index (χ4v) is 2.31. The zero-order chi connectivity index (χ0) is 13.1. The maximum atomic E-state index is 12.1. The largest absolute Gasteiger partial charge is 0.325 e. The lowest BCUT2D eigenvalue weighted by Gasteiger charge is -2.30. The van der Waals surface area contributed by atoms with E-state index in [1.54, 1.807) is 0 Å². The van der Waals surface area contributed by atoms with E-state index in [1.165, 1.54) is 0 Å². The summed E-state index contributed by atoms with van der Waals surface area (Å²) in [4.78, 5) is 14.0. The summed E-state index contributed by atoms with van der Waals surface area (Å²) in [5.41, 5.74) is 1.78. The van der Waals surface area contributed by atoms with Crippen LogP contribution in [0.5, 0.6) is 0 Å². The van der Waals surface area contributed by atoms with Crippen molar-refractivity contribution in [2.24, 2.45) is 5.92 Å². The number of likely N-dealkylation sites (tertiary alicyclic amines) is 1. The van der Waals surface area contributed by atoms with Crippen LogP contribution in [0.3, 0.4) is 0 Å². The molecule has 1 aliphatic rings. The van der Waals surface area contributed by atoms with E-state index in [0.717, 1.165) is 37.4 Å². The van der Waals surface area contributed by atoms with Gasteiger partial charge in [0.1, 0.15) is 0 Å². The number of hydrogen-bond acceptors (Lipinski definition) is 1. The molecule has 4 heteroatoms. The fourth-order valence-electron chi connectivity index (χ4n) is 2.14. The lowest BCUT2D eigenvalue weighted by atomic mass is 10.00. The first-order valence-electron chi connectivity index (χ1n) is 6.38. The number of carbonyl (C=O) groups excluding carboxylic acids is 1. The topological polar surface area (TPSA) is 32.3 Å². The second-order valence-electron chi connectivity index (χ2n) is 5.08. The van der Waals surface area contributed by atoms with Crippen LogP contribution in [-0.4, -0.2) is 24.0 Å². The van der Waals surface area contributed by atoms with Gasteiger partial charge in [0.05, 0.1) is 10.7 Å². The van der Waals surface area contributed by atoms with Crippen molar-refractivity contribution in [1.29, 1.82) is 0 Å². The predicted octanol–water partition coefficient (Wildman–Crippen LogP) is 3.91. The van der Waals surface area contributed by atoms with Crippen molar-refractivity contribution in [2.75, 3.05) is 18.4 Å². The first-order valence-corrected chi connectivity index (χ1v) is 6.76. The van der Waals surface area contributed by atoms with Crippen LogP contribution in [0.1, 0.15) is 25.3 Å². The molecule has 2 rings (SSSR count). The van der Waals surface area contributed by atoms with Gasteiger partial charge in [-0.25, -0.2) is 4.79 Å². The molecule has 0 aromatic heterocycles. The van der Waals surface area contributed by atoms with Crippen LogP contribution >= 0.6 is 11.6 Å². The van der Waals surface area contributed by atoms with Crippen molar-refractivity contribution in [1.82, 2.24) is 4.90 Å². The maximum absolute atomic E-state index is 12.1. The number of hydrogen-bond donors (Lipinski definition) is 1. The van der Waals surface area contributed by atoms with E-state index in [4.69, 9.17) is 11.6 Å². The van der Waals surface area contributed by atoms with Gasteiger partial charge in [0.2, 0.25) is 0 Å². The second-order valence-corrected chi connectivity index (χ2v) is 5.49. The molecule has 0 saturated carbocycles. The van der Waals surface area contributed by atoms with Gasteiger partial charge in [-0.1, -0.05) is 24.6 Å². The summed E-state index contributed by atoms with van der Waals surface area (Å²) in [6, 6.07) is 5.59. The van der Waals surface area contributed by atoms with Gasteiger partial charge in [-0.2, -0.15) is 0 Å². The molecule has 1 fully saturated rings. The summed E-state index contributed by atoms with van der Waals surface area (Å²) in [5.74, 6) is 0.719. The standard InChI is InChI=1S/C14H19ClN2O/c1-10-5-7-17(8-6-10)14(18)16-13-9-11(2)3-4-12(13)15/h3-4,9-10H,5-8H2,1-2H3,(H,16,18). The minimum absolute atomic E-state index is 0.0469. The monoisotopic (exact) mass is 266 g/mol. The van der Waals surface area contributed by atoms with E-state index in [9.17, 15) is 4.79 Å². The van der Waals surface area contributed by atoms with E-state index in [2.05, 4.69) is 12.2 Å². The van der Waals surface area contributed by atoms with Crippen molar-refractivity contribution in [2.45, 2.75) is 26.7 Å². The third kappa shape index (κ3) is 3.16. The van der Waals surface area contributed by atoms with Gasteiger partial charge < -0.3 is 10.2 Å². The Bertz CT molecular complexity index is 439. The Morgan fingerprint density at radius 2 is 2.06 bits per heavy atom. The molecule has 1 N–H and O–H groups in total. The molecule has 1 aliphatic heterocycles. The SMILES string of the molecule is Cc1ccc(Cl)c(NC(=O)N2CCC(C)CC2)c1. The van der Waals surface area contributed by atoms with E-state index in [0.29, 0.717) is 10.7 Å². The Kier molecular flexibility index (Phi) is 4.12. The molecule has 3 nitrogen and oxygen atoms in total. The summed E-state index contributed by atoms with van der Waals surface area (Å²) in [6.45, 7) is 5.87. The number of nitrogens with one attached hydrogen (secondary N) is 1. The van der Waals surface area contributed by atoms with Crippen LogP contribution in [0.4, 0.5) is 10.5 Å². The highest BCUT2D eigenvalue weighted by Crippen LogP contribution is 2.24. The molecule has 18 heavy (non-hydrogen) atoms. The van der Waals surface area contributed by atoms with Gasteiger partial charge >= 0.3 is 6.03 Å². The lowest BCUT2D eigenvalue weighted by molar-refractivity contribution is 0.186. The number of nitrogens with zero attached hydrogens (tertiary/aromatic N) is 1. The Morgan fingerprint density at radius 1 is 1.39 bits per heavy atom. The molecular weight excluding hydrogens is 248 g/mol. The maximum Gasteiger partial charge on any atom is 0.321 e. The van der Waals surface area contributed by atoms with Gasteiger partial charge in [-0.3, -0.25) is 0 Å². The number of halogens is 1. The van der Waals surface area contributed by atoms with Gasteiger partial charge in [0.25, 0.3) is 0 Å². The van der Waals surface area contributed by atoms with E-state index in [-0.39, 0.29) is 6.03 Å². The van der Waals surface area contributed by atoms with Crippen molar-refractivity contribution < 1.29 is 4.79 Å². The summed E-state index contributed by atoms with van der Waals surface area (Å²) in [6.07, 6.45) is 2.16. The quantitative estimate of drug-likeness (QED) is 0.821. The normalized spacial score (nSPS) is 16.7. The molecule has 2 amide bonds. The molecule has 0 bridgehead atoms. The Balaban J connectivity index is 2.00. The number of anilines is 1. The third-order valence-electron chi connectivity index (χ3n) is 3.43. The molecule has 0 atom stereocenters. The van der Waals surface area contributed by atoms with Crippen LogP contribution in [0, 0.1) is 12.8 Å². The van der Waals surface area contributed by atoms with Crippen molar-refractivity contribution in [3.63, 3.8) is 0 Å². The average molecular weight is 267 g/mol. The molecule has 1 aromatic rings. The van der Waals surface area contributed by atoms with Gasteiger partial charge in [-0.15, -0.1) is 0 Å². The van der Waals surface area contributed by atoms with Gasteiger partial charge in [-0.05, 0) is 43.4 Å². The molecule has 1 saturated heterocycles. The van der Waals surface area contributed by atoms with E-state index < -0.39 is 0 Å². The van der Waals surface area contributed by atoms with Crippen molar-refractivity contribution in [3.05, 3.63) is 28.8 Å². The van der Waals surface area contributed by atoms with Gasteiger partial charge in [0, 0.05) is 13.1 Å². The Morgan fingerprint density at radius 3 is 2.72 bits per heavy atom. The minimum atomic E-state index is -0.0469. The molecule has 0 radical (unpaired) electrons. The van der Waals surface area contributed by atoms with Crippen LogP contribution in [-0.2, 0) is 0 Å². The zero-order valence-corrected chi connectivity index (χ0v) is 11.6. The summed E-state index contributed by atoms with van der Waals surface area (Å²) < 4.78 is 0. The molecule has 0 unspecified atom stereocenters. The number of aryl methyl sites for hydroxylation is 1. The molecule has 98 valence electrons. The Labute approximate surface area is 113 Å². The highest BCUT2D eigenvalue weighted by molar-refractivity contribution is 6.33. The first-order chi connectivity index (χ1) is 8.56. The highest BCUT2D eigenvalue weighted by atomic mass is 35.5. The Hall–Kier alpha value is -1.22. The number of rotatable bonds is 1. The van der Waals surface area contributed by atoms with Crippen molar-refractivity contribution >= 4 is 23.3 Å². The van der Waals surface area contributed by atoms with E-state index in [1.807, 2.05) is 30.0 Å². The average Bonchev–Trinajstić information content (AvgIpc) is 2.34. The molecule has 1 heterocycles. The van der Waals surface area contributed by atoms with Crippen LogP contribution in [0.2, 0.25) is 5.02 Å². The molecule has 1 aromatic carbocycles. The fraction of sp³-hybridized carbons (Fsp3) is 0.500. The number of benzene rings is 1. The van der Waals surface area contributed by atoms with E-state index >= 15 is 0 Å². The second kappa shape index (κ2) is 5.61. The number of amides is 2. The zero-order valence-electron chi connectivity index (χ0n) is 10.9. The molecule has 0 aliphatic carbocycles. The molecular formula is C14H19ClN2O. The number of carbonyl (C=O) groups is 1. The van der Waals surface area contributed by atoms with Crippen molar-refractivity contribution in [3.8, 4) is 0 Å². The first kappa shape index (κ1) is 13.2. The number of urea groups is 1. The van der Waals surface area contributed by atoms with Crippen LogP contribution in [0.15, 0.2) is 18.2 Å². The third-order valence-corrected chi connectivity index (χ3v) is 3.76. The van der Waals surface area contributed by atoms with Crippen LogP contribution in [0.25, 0.3) is 0 Å². The number of piperidine rings is 1. The summed E-state index contributed by atoms with van der Waals surface area (Å²) in [5, 5.41) is 3.47. The minimum Gasteiger partial charge on any atom is -0.325 e. The molecule has 0 spiro atoms. The summed E-state index contributed by atoms with van der Waals surface area (Å²) in [7, 11) is 0. The van der Waals surface area contributed by atoms with Crippen LogP contribution < -0.4 is 5.32 Å².